The zero-order valence-corrected chi connectivity index (χ0v) is 10.4. The van der Waals surface area contributed by atoms with Gasteiger partial charge in [0.05, 0.1) is 6.61 Å². The maximum absolute atomic E-state index is 10.4. The van der Waals surface area contributed by atoms with Gasteiger partial charge in [0.15, 0.2) is 0 Å². The molecular weight excluding hydrogens is 220 g/mol. The van der Waals surface area contributed by atoms with Crippen molar-refractivity contribution >= 4 is 11.9 Å². The van der Waals surface area contributed by atoms with Gasteiger partial charge in [0, 0.05) is 13.8 Å². The number of carbonyl (C=O) groups excluding carboxylic acids is 2. The standard InChI is InChI=1S/C9H10O2.C4H8O2/c1-8(10)11-7-9-5-3-2-4-6-9;1-3-6-4(2)5/h2-6H,7H2,1H3;3H2,1-2H3. The van der Waals surface area contributed by atoms with E-state index in [1.807, 2.05) is 30.3 Å². The molecule has 0 aromatic heterocycles. The molecule has 1 rings (SSSR count). The van der Waals surface area contributed by atoms with Crippen molar-refractivity contribution in [1.29, 1.82) is 0 Å². The Bertz CT molecular complexity index is 333. The Morgan fingerprint density at radius 1 is 1.00 bits per heavy atom. The predicted molar refractivity (Wildman–Crippen MR) is 64.2 cm³/mol. The van der Waals surface area contributed by atoms with Gasteiger partial charge in [0.25, 0.3) is 0 Å². The number of rotatable bonds is 3. The average molecular weight is 238 g/mol. The van der Waals surface area contributed by atoms with E-state index in [4.69, 9.17) is 4.74 Å². The van der Waals surface area contributed by atoms with Crippen LogP contribution < -0.4 is 0 Å². The molecule has 0 heterocycles. The Kier molecular flexibility index (Phi) is 8.37. The lowest BCUT2D eigenvalue weighted by Crippen LogP contribution is -1.97. The molecule has 0 saturated carbocycles. The Hall–Kier alpha value is -1.84. The molecule has 0 aliphatic rings. The molecule has 94 valence electrons. The Labute approximate surface area is 102 Å². The van der Waals surface area contributed by atoms with E-state index in [1.54, 1.807) is 6.92 Å². The van der Waals surface area contributed by atoms with Crippen LogP contribution in [0, 0.1) is 0 Å². The van der Waals surface area contributed by atoms with Crippen molar-refractivity contribution in [3.8, 4) is 0 Å². The lowest BCUT2D eigenvalue weighted by atomic mass is 10.2. The van der Waals surface area contributed by atoms with Crippen LogP contribution in [0.2, 0.25) is 0 Å². The second-order valence-corrected chi connectivity index (χ2v) is 3.19. The summed E-state index contributed by atoms with van der Waals surface area (Å²) in [6.07, 6.45) is 0. The van der Waals surface area contributed by atoms with Gasteiger partial charge in [-0.3, -0.25) is 9.59 Å². The topological polar surface area (TPSA) is 52.6 Å². The summed E-state index contributed by atoms with van der Waals surface area (Å²) in [5, 5.41) is 0. The zero-order chi connectivity index (χ0) is 13.1. The highest BCUT2D eigenvalue weighted by atomic mass is 16.5. The minimum absolute atomic E-state index is 0.211. The maximum atomic E-state index is 10.4. The van der Waals surface area contributed by atoms with E-state index in [1.165, 1.54) is 13.8 Å². The highest BCUT2D eigenvalue weighted by Crippen LogP contribution is 1.99. The van der Waals surface area contributed by atoms with Gasteiger partial charge in [-0.2, -0.15) is 0 Å². The average Bonchev–Trinajstić information content (AvgIpc) is 2.28. The van der Waals surface area contributed by atoms with Gasteiger partial charge in [0.1, 0.15) is 6.61 Å². The molecule has 1 aromatic rings. The number of ether oxygens (including phenoxy) is 2. The molecule has 17 heavy (non-hydrogen) atoms. The van der Waals surface area contributed by atoms with Crippen LogP contribution in [0.15, 0.2) is 30.3 Å². The van der Waals surface area contributed by atoms with E-state index in [2.05, 4.69) is 4.74 Å². The lowest BCUT2D eigenvalue weighted by Gasteiger charge is -1.99. The van der Waals surface area contributed by atoms with Crippen LogP contribution in [-0.4, -0.2) is 18.5 Å². The number of hydrogen-bond acceptors (Lipinski definition) is 4. The molecule has 0 radical (unpaired) electrons. The van der Waals surface area contributed by atoms with Crippen molar-refractivity contribution in [2.24, 2.45) is 0 Å². The molecule has 0 bridgehead atoms. The van der Waals surface area contributed by atoms with Gasteiger partial charge in [-0.15, -0.1) is 0 Å². The minimum Gasteiger partial charge on any atom is -0.466 e. The largest absolute Gasteiger partial charge is 0.466 e. The summed E-state index contributed by atoms with van der Waals surface area (Å²) in [7, 11) is 0. The summed E-state index contributed by atoms with van der Waals surface area (Å²) in [4.78, 5) is 20.2. The SMILES string of the molecule is CC(=O)OCc1ccccc1.CCOC(C)=O. The van der Waals surface area contributed by atoms with Gasteiger partial charge in [-0.1, -0.05) is 30.3 Å². The van der Waals surface area contributed by atoms with Crippen molar-refractivity contribution in [3.05, 3.63) is 35.9 Å². The first-order valence-corrected chi connectivity index (χ1v) is 5.37. The lowest BCUT2D eigenvalue weighted by molar-refractivity contribution is -0.142. The summed E-state index contributed by atoms with van der Waals surface area (Å²) < 4.78 is 9.19. The quantitative estimate of drug-likeness (QED) is 0.758. The van der Waals surface area contributed by atoms with Gasteiger partial charge in [-0.25, -0.2) is 0 Å². The first kappa shape index (κ1) is 15.2. The molecule has 1 aromatic carbocycles. The summed E-state index contributed by atoms with van der Waals surface area (Å²) in [5.74, 6) is -0.452. The van der Waals surface area contributed by atoms with E-state index in [0.717, 1.165) is 5.56 Å². The molecule has 0 unspecified atom stereocenters. The Balaban J connectivity index is 0.000000366. The number of benzene rings is 1. The molecule has 0 spiro atoms. The van der Waals surface area contributed by atoms with Crippen molar-refractivity contribution in [2.75, 3.05) is 6.61 Å². The van der Waals surface area contributed by atoms with Crippen molar-refractivity contribution in [3.63, 3.8) is 0 Å². The second-order valence-electron chi connectivity index (χ2n) is 3.19. The second kappa shape index (κ2) is 9.39. The smallest absolute Gasteiger partial charge is 0.302 e. The van der Waals surface area contributed by atoms with Crippen LogP contribution >= 0.6 is 0 Å². The molecule has 0 N–H and O–H groups in total. The molecular formula is C13H18O4. The summed E-state index contributed by atoms with van der Waals surface area (Å²) in [6.45, 7) is 5.43. The fourth-order valence-corrected chi connectivity index (χ4v) is 0.962. The Morgan fingerprint density at radius 2 is 1.53 bits per heavy atom. The fourth-order valence-electron chi connectivity index (χ4n) is 0.962. The van der Waals surface area contributed by atoms with Gasteiger partial charge < -0.3 is 9.47 Å². The third kappa shape index (κ3) is 10.4. The molecule has 0 fully saturated rings. The Morgan fingerprint density at radius 3 is 1.88 bits per heavy atom. The van der Waals surface area contributed by atoms with Gasteiger partial charge in [-0.05, 0) is 12.5 Å². The molecule has 4 nitrogen and oxygen atoms in total. The fraction of sp³-hybridized carbons (Fsp3) is 0.385. The molecule has 0 aliphatic carbocycles. The third-order valence-corrected chi connectivity index (χ3v) is 1.63. The first-order valence-electron chi connectivity index (χ1n) is 5.37. The highest BCUT2D eigenvalue weighted by Gasteiger charge is 1.93. The first-order chi connectivity index (χ1) is 8.06. The van der Waals surface area contributed by atoms with Crippen molar-refractivity contribution < 1.29 is 19.1 Å². The molecule has 0 atom stereocenters. The van der Waals surface area contributed by atoms with Gasteiger partial charge in [0.2, 0.25) is 0 Å². The molecule has 4 heteroatoms. The third-order valence-electron chi connectivity index (χ3n) is 1.63. The van der Waals surface area contributed by atoms with Crippen molar-refractivity contribution in [2.45, 2.75) is 27.4 Å². The van der Waals surface area contributed by atoms with Crippen LogP contribution in [0.3, 0.4) is 0 Å². The monoisotopic (exact) mass is 238 g/mol. The zero-order valence-electron chi connectivity index (χ0n) is 10.4. The van der Waals surface area contributed by atoms with Crippen LogP contribution in [0.1, 0.15) is 26.3 Å². The van der Waals surface area contributed by atoms with Gasteiger partial charge >= 0.3 is 11.9 Å². The number of hydrogen-bond donors (Lipinski definition) is 0. The van der Waals surface area contributed by atoms with Crippen molar-refractivity contribution in [1.82, 2.24) is 0 Å². The van der Waals surface area contributed by atoms with E-state index in [9.17, 15) is 9.59 Å². The predicted octanol–water partition coefficient (Wildman–Crippen LogP) is 2.32. The highest BCUT2D eigenvalue weighted by molar-refractivity contribution is 5.66. The number of carbonyl (C=O) groups is 2. The summed E-state index contributed by atoms with van der Waals surface area (Å²) >= 11 is 0. The van der Waals surface area contributed by atoms with Crippen LogP contribution in [0.5, 0.6) is 0 Å². The van der Waals surface area contributed by atoms with E-state index in [0.29, 0.717) is 13.2 Å². The van der Waals surface area contributed by atoms with E-state index < -0.39 is 0 Å². The van der Waals surface area contributed by atoms with E-state index >= 15 is 0 Å². The molecule has 0 saturated heterocycles. The molecule has 0 aliphatic heterocycles. The minimum atomic E-state index is -0.242. The summed E-state index contributed by atoms with van der Waals surface area (Å²) in [5.41, 5.74) is 1.02. The molecule has 0 amide bonds. The normalized spacial score (nSPS) is 8.65. The van der Waals surface area contributed by atoms with Crippen LogP contribution in [-0.2, 0) is 25.7 Å². The maximum Gasteiger partial charge on any atom is 0.302 e. The number of esters is 2. The summed E-state index contributed by atoms with van der Waals surface area (Å²) in [6, 6.07) is 9.60. The van der Waals surface area contributed by atoms with Crippen LogP contribution in [0.4, 0.5) is 0 Å². The van der Waals surface area contributed by atoms with E-state index in [-0.39, 0.29) is 11.9 Å². The van der Waals surface area contributed by atoms with Crippen LogP contribution in [0.25, 0.3) is 0 Å².